The van der Waals surface area contributed by atoms with Crippen molar-refractivity contribution in [3.05, 3.63) is 82.0 Å². The molecule has 2 aromatic carbocycles. The van der Waals surface area contributed by atoms with Crippen molar-refractivity contribution in [1.29, 1.82) is 0 Å². The smallest absolute Gasteiger partial charge is 0.308 e. The van der Waals surface area contributed by atoms with Crippen LogP contribution < -0.4 is 9.47 Å². The number of benzene rings is 2. The number of rotatable bonds is 15. The van der Waals surface area contributed by atoms with E-state index in [1.165, 1.54) is 20.4 Å². The second-order valence-electron chi connectivity index (χ2n) is 10.2. The van der Waals surface area contributed by atoms with Gasteiger partial charge in [-0.3, -0.25) is 9.59 Å². The van der Waals surface area contributed by atoms with Crippen LogP contribution >= 0.6 is 23.2 Å². The number of nitrogens with zero attached hydrogens (tertiary/aromatic N) is 1. The fourth-order valence-corrected chi connectivity index (χ4v) is 4.58. The van der Waals surface area contributed by atoms with E-state index < -0.39 is 12.1 Å². The number of esters is 1. The Bertz CT molecular complexity index is 1350. The zero-order valence-corrected chi connectivity index (χ0v) is 26.3. The zero-order valence-electron chi connectivity index (χ0n) is 24.8. The molecule has 1 aromatic heterocycles. The summed E-state index contributed by atoms with van der Waals surface area (Å²) in [6.45, 7) is 3.11. The van der Waals surface area contributed by atoms with E-state index in [2.05, 4.69) is 4.98 Å². The van der Waals surface area contributed by atoms with Crippen LogP contribution in [-0.2, 0) is 23.8 Å². The van der Waals surface area contributed by atoms with E-state index in [0.29, 0.717) is 41.5 Å². The lowest BCUT2D eigenvalue weighted by atomic mass is 10.1. The SMILES string of the molecule is CCOC(=O)CC(OC)c1ccc(O)cc1.COC(CC(=O)O)c1ccc(OCC2(COc3ncc(Cl)cc3Cl)CC2)cc1. The predicted octanol–water partition coefficient (Wildman–Crippen LogP) is 6.82. The molecule has 44 heavy (non-hydrogen) atoms. The molecule has 1 aliphatic rings. The summed E-state index contributed by atoms with van der Waals surface area (Å²) in [6, 6.07) is 15.4. The van der Waals surface area contributed by atoms with Crippen LogP contribution in [0.25, 0.3) is 0 Å². The molecule has 1 fully saturated rings. The van der Waals surface area contributed by atoms with Gasteiger partial charge in [0.05, 0.1) is 49.9 Å². The third-order valence-corrected chi connectivity index (χ3v) is 7.37. The van der Waals surface area contributed by atoms with Gasteiger partial charge in [-0.15, -0.1) is 0 Å². The standard InChI is InChI=1S/C20H21Cl2NO5.C12H16O4/c1-26-17(9-18(24)25)13-2-4-15(5-3-13)27-11-20(6-7-20)12-28-19-16(22)8-14(21)10-23-19;1-3-16-12(14)8-11(15-2)9-4-6-10(13)7-5-9/h2-5,8,10,17H,6-7,9,11-12H2,1H3,(H,24,25);4-7,11,13H,3,8H2,1-2H3. The predicted molar refractivity (Wildman–Crippen MR) is 164 cm³/mol. The highest BCUT2D eigenvalue weighted by Gasteiger charge is 2.45. The van der Waals surface area contributed by atoms with Gasteiger partial charge >= 0.3 is 11.9 Å². The van der Waals surface area contributed by atoms with Crippen molar-refractivity contribution in [3.63, 3.8) is 0 Å². The monoisotopic (exact) mass is 649 g/mol. The number of ether oxygens (including phenoxy) is 5. The fourth-order valence-electron chi connectivity index (χ4n) is 4.15. The maximum absolute atomic E-state index is 11.3. The average Bonchev–Trinajstić information content (AvgIpc) is 3.78. The van der Waals surface area contributed by atoms with Gasteiger partial charge in [0.1, 0.15) is 16.5 Å². The van der Waals surface area contributed by atoms with Crippen LogP contribution in [-0.4, -0.2) is 61.2 Å². The van der Waals surface area contributed by atoms with Crippen LogP contribution in [0.3, 0.4) is 0 Å². The van der Waals surface area contributed by atoms with Gasteiger partial charge in [0.15, 0.2) is 0 Å². The molecule has 0 amide bonds. The first-order valence-corrected chi connectivity index (χ1v) is 14.7. The molecule has 12 heteroatoms. The lowest BCUT2D eigenvalue weighted by Crippen LogP contribution is -2.21. The second-order valence-corrected chi connectivity index (χ2v) is 11.1. The summed E-state index contributed by atoms with van der Waals surface area (Å²) in [5.74, 6) is 0.0730. The Morgan fingerprint density at radius 3 is 2.00 bits per heavy atom. The molecule has 2 atom stereocenters. The summed E-state index contributed by atoms with van der Waals surface area (Å²) >= 11 is 11.9. The van der Waals surface area contributed by atoms with E-state index in [4.69, 9.17) is 57.1 Å². The van der Waals surface area contributed by atoms with Crippen LogP contribution in [0.15, 0.2) is 60.8 Å². The molecule has 2 unspecified atom stereocenters. The van der Waals surface area contributed by atoms with Crippen molar-refractivity contribution >= 4 is 35.1 Å². The first-order chi connectivity index (χ1) is 21.1. The number of hydrogen-bond acceptors (Lipinski definition) is 9. The van der Waals surface area contributed by atoms with Gasteiger partial charge in [-0.2, -0.15) is 0 Å². The molecule has 10 nitrogen and oxygen atoms in total. The van der Waals surface area contributed by atoms with Crippen LogP contribution in [0, 0.1) is 5.41 Å². The Hall–Kier alpha value is -3.57. The number of phenolic OH excluding ortho intramolecular Hbond substituents is 1. The number of hydrogen-bond donors (Lipinski definition) is 2. The summed E-state index contributed by atoms with van der Waals surface area (Å²) in [5.41, 5.74) is 1.58. The van der Waals surface area contributed by atoms with Gasteiger partial charge in [0.25, 0.3) is 0 Å². The summed E-state index contributed by atoms with van der Waals surface area (Å²) in [6.07, 6.45) is 2.78. The molecule has 1 aliphatic carbocycles. The van der Waals surface area contributed by atoms with E-state index in [-0.39, 0.29) is 36.1 Å². The minimum atomic E-state index is -0.905. The maximum Gasteiger partial charge on any atom is 0.308 e. The Labute approximate surface area is 266 Å². The molecule has 238 valence electrons. The van der Waals surface area contributed by atoms with E-state index in [1.807, 2.05) is 24.3 Å². The number of aromatic nitrogens is 1. The Morgan fingerprint density at radius 2 is 1.48 bits per heavy atom. The van der Waals surface area contributed by atoms with Gasteiger partial charge in [-0.25, -0.2) is 4.98 Å². The molecule has 1 saturated carbocycles. The number of carboxylic acids is 1. The highest BCUT2D eigenvalue weighted by molar-refractivity contribution is 6.35. The Morgan fingerprint density at radius 1 is 0.909 bits per heavy atom. The number of halogens is 2. The highest BCUT2D eigenvalue weighted by Crippen LogP contribution is 2.46. The number of carboxylic acid groups (broad SMARTS) is 1. The molecular weight excluding hydrogens is 613 g/mol. The third-order valence-electron chi connectivity index (χ3n) is 6.89. The lowest BCUT2D eigenvalue weighted by Gasteiger charge is -2.18. The summed E-state index contributed by atoms with van der Waals surface area (Å²) in [5, 5.41) is 18.9. The molecule has 0 spiro atoms. The molecule has 2 N–H and O–H groups in total. The normalized spacial score (nSPS) is 14.4. The first-order valence-electron chi connectivity index (χ1n) is 14.0. The van der Waals surface area contributed by atoms with Gasteiger partial charge in [-0.1, -0.05) is 47.5 Å². The van der Waals surface area contributed by atoms with Gasteiger partial charge in [-0.05, 0) is 61.2 Å². The van der Waals surface area contributed by atoms with Crippen LogP contribution in [0.4, 0.5) is 0 Å². The molecule has 0 aliphatic heterocycles. The van der Waals surface area contributed by atoms with Crippen molar-refractivity contribution in [2.45, 2.75) is 44.8 Å². The first kappa shape index (κ1) is 34.9. The highest BCUT2D eigenvalue weighted by atomic mass is 35.5. The molecule has 4 rings (SSSR count). The van der Waals surface area contributed by atoms with Gasteiger partial charge in [0, 0.05) is 25.8 Å². The minimum absolute atomic E-state index is 0.0539. The Balaban J connectivity index is 0.000000281. The fraction of sp³-hybridized carbons (Fsp3) is 0.406. The minimum Gasteiger partial charge on any atom is -0.508 e. The number of carbonyl (C=O) groups excluding carboxylic acids is 1. The number of phenols is 1. The molecule has 0 bridgehead atoms. The van der Waals surface area contributed by atoms with E-state index in [0.717, 1.165) is 24.0 Å². The van der Waals surface area contributed by atoms with Crippen molar-refractivity contribution < 1.29 is 43.5 Å². The van der Waals surface area contributed by atoms with Crippen LogP contribution in [0.1, 0.15) is 55.9 Å². The van der Waals surface area contributed by atoms with Gasteiger partial charge in [0.2, 0.25) is 5.88 Å². The zero-order chi connectivity index (χ0) is 32.1. The number of methoxy groups -OCH3 is 2. The maximum atomic E-state index is 11.3. The largest absolute Gasteiger partial charge is 0.508 e. The number of aromatic hydroxyl groups is 1. The lowest BCUT2D eigenvalue weighted by molar-refractivity contribution is -0.146. The van der Waals surface area contributed by atoms with Gasteiger partial charge < -0.3 is 33.9 Å². The number of pyridine rings is 1. The van der Waals surface area contributed by atoms with Crippen LogP contribution in [0.5, 0.6) is 17.4 Å². The summed E-state index contributed by atoms with van der Waals surface area (Å²) in [4.78, 5) is 26.3. The third kappa shape index (κ3) is 11.2. The van der Waals surface area contributed by atoms with Crippen molar-refractivity contribution in [2.24, 2.45) is 5.41 Å². The van der Waals surface area contributed by atoms with E-state index in [1.54, 1.807) is 37.3 Å². The summed E-state index contributed by atoms with van der Waals surface area (Å²) in [7, 11) is 3.04. The second kappa shape index (κ2) is 17.1. The van der Waals surface area contributed by atoms with E-state index >= 15 is 0 Å². The van der Waals surface area contributed by atoms with Crippen molar-refractivity contribution in [2.75, 3.05) is 34.0 Å². The van der Waals surface area contributed by atoms with E-state index in [9.17, 15) is 9.59 Å². The van der Waals surface area contributed by atoms with Crippen molar-refractivity contribution in [3.8, 4) is 17.4 Å². The molecular formula is C32H37Cl2NO9. The number of aliphatic carboxylic acids is 1. The average molecular weight is 651 g/mol. The number of carbonyl (C=O) groups is 2. The molecule has 0 radical (unpaired) electrons. The topological polar surface area (TPSA) is 134 Å². The molecule has 3 aromatic rings. The van der Waals surface area contributed by atoms with Crippen LogP contribution in [0.2, 0.25) is 10.0 Å². The Kier molecular flexibility index (Phi) is 13.5. The molecule has 1 heterocycles. The van der Waals surface area contributed by atoms with Crippen molar-refractivity contribution in [1.82, 2.24) is 4.98 Å². The molecule has 0 saturated heterocycles. The quantitative estimate of drug-likeness (QED) is 0.169. The summed E-state index contributed by atoms with van der Waals surface area (Å²) < 4.78 is 27.0.